The molecule has 0 N–H and O–H groups in total. The van der Waals surface area contributed by atoms with Gasteiger partial charge in [0.05, 0.1) is 35.5 Å². The van der Waals surface area contributed by atoms with Gasteiger partial charge >= 0.3 is 5.56 Å². The molecule has 8 nitrogen and oxygen atoms in total. The molecule has 224 valence electrons. The van der Waals surface area contributed by atoms with Gasteiger partial charge in [-0.15, -0.1) is 0 Å². The average molecular weight is 603 g/mol. The molecule has 1 aliphatic carbocycles. The molecular formula is C33H35FN4O4S. The largest absolute Gasteiger partial charge is 0.483 e. The van der Waals surface area contributed by atoms with Crippen LogP contribution in [0.4, 0.5) is 15.8 Å². The lowest BCUT2D eigenvalue weighted by Gasteiger charge is -2.36. The Hall–Kier alpha value is -4.18. The maximum Gasteiger partial charge on any atom is 0.316 e. The Morgan fingerprint density at radius 3 is 2.23 bits per heavy atom. The maximum absolute atomic E-state index is 14.1. The fraction of sp³-hybridized carbons (Fsp3) is 0.333. The van der Waals surface area contributed by atoms with Crippen molar-refractivity contribution in [1.82, 2.24) is 9.78 Å². The van der Waals surface area contributed by atoms with Crippen LogP contribution in [0.5, 0.6) is 5.75 Å². The average Bonchev–Trinajstić information content (AvgIpc) is 3.55. The number of aromatic nitrogens is 2. The summed E-state index contributed by atoms with van der Waals surface area (Å²) in [5.41, 5.74) is 1.95. The van der Waals surface area contributed by atoms with Gasteiger partial charge in [0.1, 0.15) is 11.5 Å². The normalized spacial score (nSPS) is 16.3. The van der Waals surface area contributed by atoms with Crippen LogP contribution in [0.1, 0.15) is 44.1 Å². The van der Waals surface area contributed by atoms with Crippen molar-refractivity contribution < 1.29 is 17.5 Å². The first kappa shape index (κ1) is 28.9. The van der Waals surface area contributed by atoms with Crippen LogP contribution in [0.3, 0.4) is 0 Å². The number of para-hydroxylation sites is 1. The molecule has 0 unspecified atom stereocenters. The zero-order valence-corrected chi connectivity index (χ0v) is 24.7. The molecule has 43 heavy (non-hydrogen) atoms. The second kappa shape index (κ2) is 12.6. The van der Waals surface area contributed by atoms with E-state index >= 15 is 0 Å². The number of ether oxygens (including phenoxy) is 1. The van der Waals surface area contributed by atoms with E-state index in [4.69, 9.17) is 4.74 Å². The zero-order chi connectivity index (χ0) is 29.8. The van der Waals surface area contributed by atoms with E-state index in [-0.39, 0.29) is 18.4 Å². The summed E-state index contributed by atoms with van der Waals surface area (Å²) < 4.78 is 51.1. The van der Waals surface area contributed by atoms with Gasteiger partial charge in [0.15, 0.2) is 0 Å². The Morgan fingerprint density at radius 2 is 1.56 bits per heavy atom. The van der Waals surface area contributed by atoms with E-state index in [9.17, 15) is 17.6 Å². The highest BCUT2D eigenvalue weighted by Crippen LogP contribution is 2.34. The minimum atomic E-state index is -3.71. The molecule has 1 saturated heterocycles. The van der Waals surface area contributed by atoms with Gasteiger partial charge in [-0.1, -0.05) is 54.6 Å². The fourth-order valence-corrected chi connectivity index (χ4v) is 7.89. The molecule has 2 aliphatic rings. The zero-order valence-electron chi connectivity index (χ0n) is 23.9. The number of hydrogen-bond acceptors (Lipinski definition) is 6. The van der Waals surface area contributed by atoms with Gasteiger partial charge in [-0.05, 0) is 74.4 Å². The lowest BCUT2D eigenvalue weighted by Crippen LogP contribution is -2.46. The Labute approximate surface area is 251 Å². The molecule has 0 atom stereocenters. The molecule has 1 aliphatic heterocycles. The van der Waals surface area contributed by atoms with Gasteiger partial charge in [-0.25, -0.2) is 12.8 Å². The summed E-state index contributed by atoms with van der Waals surface area (Å²) in [6, 6.07) is 24.5. The molecule has 3 aromatic carbocycles. The monoisotopic (exact) mass is 602 g/mol. The van der Waals surface area contributed by atoms with Crippen molar-refractivity contribution in [1.29, 1.82) is 0 Å². The lowest BCUT2D eigenvalue weighted by molar-refractivity contribution is 0.206. The number of nitrogens with zero attached hydrogens (tertiary/aromatic N) is 4. The molecular weight excluding hydrogens is 567 g/mol. The Bertz CT molecular complexity index is 1700. The van der Waals surface area contributed by atoms with E-state index in [1.54, 1.807) is 12.3 Å². The summed E-state index contributed by atoms with van der Waals surface area (Å²) in [4.78, 5) is 15.7. The molecule has 0 radical (unpaired) electrons. The second-order valence-corrected chi connectivity index (χ2v) is 13.3. The van der Waals surface area contributed by atoms with Crippen molar-refractivity contribution in [3.05, 3.63) is 113 Å². The van der Waals surface area contributed by atoms with E-state index in [1.165, 1.54) is 22.5 Å². The van der Waals surface area contributed by atoms with E-state index in [0.717, 1.165) is 35.9 Å². The molecule has 4 aromatic rings. The van der Waals surface area contributed by atoms with E-state index < -0.39 is 26.6 Å². The van der Waals surface area contributed by atoms with E-state index in [1.807, 2.05) is 65.6 Å². The van der Waals surface area contributed by atoms with Crippen molar-refractivity contribution in [3.63, 3.8) is 0 Å². The first-order chi connectivity index (χ1) is 20.9. The molecule has 0 amide bonds. The third kappa shape index (κ3) is 6.29. The molecule has 2 heterocycles. The molecule has 2 fully saturated rings. The summed E-state index contributed by atoms with van der Waals surface area (Å²) in [6.07, 6.45) is 6.06. The topological polar surface area (TPSA) is 84.7 Å². The lowest BCUT2D eigenvalue weighted by atomic mass is 10.1. The van der Waals surface area contributed by atoms with Crippen LogP contribution in [0.2, 0.25) is 0 Å². The quantitative estimate of drug-likeness (QED) is 0.245. The van der Waals surface area contributed by atoms with Gasteiger partial charge in [-0.2, -0.15) is 9.78 Å². The van der Waals surface area contributed by atoms with Crippen molar-refractivity contribution >= 4 is 21.4 Å². The molecule has 0 spiro atoms. The highest BCUT2D eigenvalue weighted by Gasteiger charge is 2.36. The second-order valence-electron chi connectivity index (χ2n) is 11.1. The summed E-state index contributed by atoms with van der Waals surface area (Å²) in [5, 5.41) is 3.78. The van der Waals surface area contributed by atoms with Crippen LogP contribution >= 0.6 is 0 Å². The van der Waals surface area contributed by atoms with Crippen LogP contribution in [0.15, 0.2) is 95.9 Å². The van der Waals surface area contributed by atoms with Gasteiger partial charge in [0, 0.05) is 13.1 Å². The molecule has 0 bridgehead atoms. The van der Waals surface area contributed by atoms with Crippen molar-refractivity contribution in [3.8, 4) is 11.4 Å². The first-order valence-electron chi connectivity index (χ1n) is 14.8. The molecule has 10 heteroatoms. The summed E-state index contributed by atoms with van der Waals surface area (Å²) in [5.74, 6) is -0.281. The number of sulfonamides is 1. The highest BCUT2D eigenvalue weighted by atomic mass is 32.2. The van der Waals surface area contributed by atoms with Crippen LogP contribution in [-0.4, -0.2) is 42.6 Å². The summed E-state index contributed by atoms with van der Waals surface area (Å²) >= 11 is 0. The van der Waals surface area contributed by atoms with Crippen molar-refractivity contribution in [2.45, 2.75) is 56.4 Å². The molecule has 1 saturated carbocycles. The Balaban J connectivity index is 1.26. The van der Waals surface area contributed by atoms with Gasteiger partial charge in [-0.3, -0.25) is 9.10 Å². The van der Waals surface area contributed by atoms with E-state index in [2.05, 4.69) is 5.10 Å². The van der Waals surface area contributed by atoms with Gasteiger partial charge < -0.3 is 9.64 Å². The molecule has 1 aromatic heterocycles. The fourth-order valence-electron chi connectivity index (χ4n) is 5.98. The number of anilines is 2. The van der Waals surface area contributed by atoms with Crippen LogP contribution < -0.4 is 19.5 Å². The third-order valence-corrected chi connectivity index (χ3v) is 10.5. The number of halogens is 1. The van der Waals surface area contributed by atoms with Crippen LogP contribution in [-0.2, 0) is 16.6 Å². The third-order valence-electron chi connectivity index (χ3n) is 8.28. The summed E-state index contributed by atoms with van der Waals surface area (Å²) in [7, 11) is -3.71. The van der Waals surface area contributed by atoms with E-state index in [0.29, 0.717) is 43.0 Å². The van der Waals surface area contributed by atoms with Gasteiger partial charge in [0.2, 0.25) is 15.8 Å². The number of hydrogen-bond donors (Lipinski definition) is 0. The number of rotatable bonds is 9. The Kier molecular flexibility index (Phi) is 8.47. The summed E-state index contributed by atoms with van der Waals surface area (Å²) in [6.45, 7) is 1.09. The standard InChI is InChI=1S/C33H35FN4O4S/c34-26-12-9-15-28(22-26)38-33(39)32(42-29-16-7-8-17-29)31(23-35-38)36-20-18-30(19-21-36)43(40,41)37(27-13-5-2-6-14-27)24-25-10-3-1-4-11-25/h1-6,9-15,22-23,29-30H,7-8,16-21,24H2. The van der Waals surface area contributed by atoms with Crippen molar-refractivity contribution in [2.24, 2.45) is 0 Å². The van der Waals surface area contributed by atoms with Gasteiger partial charge in [0.25, 0.3) is 0 Å². The predicted octanol–water partition coefficient (Wildman–Crippen LogP) is 5.70. The smallest absolute Gasteiger partial charge is 0.316 e. The number of benzene rings is 3. The molecule has 6 rings (SSSR count). The Morgan fingerprint density at radius 1 is 0.884 bits per heavy atom. The highest BCUT2D eigenvalue weighted by molar-refractivity contribution is 7.93. The minimum absolute atomic E-state index is 0.0786. The SMILES string of the molecule is O=c1c(OC2CCCC2)c(N2CCC(S(=O)(=O)N(Cc3ccccc3)c3ccccc3)CC2)cnn1-c1cccc(F)c1. The van der Waals surface area contributed by atoms with Crippen LogP contribution in [0.25, 0.3) is 5.69 Å². The van der Waals surface area contributed by atoms with Crippen LogP contribution in [0, 0.1) is 5.82 Å². The first-order valence-corrected chi connectivity index (χ1v) is 16.3. The predicted molar refractivity (Wildman–Crippen MR) is 166 cm³/mol. The maximum atomic E-state index is 14.1. The van der Waals surface area contributed by atoms with Crippen molar-refractivity contribution in [2.75, 3.05) is 22.3 Å². The number of piperidine rings is 1. The minimum Gasteiger partial charge on any atom is -0.483 e.